The zero-order valence-electron chi connectivity index (χ0n) is 12.6. The number of hydrogen-bond acceptors (Lipinski definition) is 3. The van der Waals surface area contributed by atoms with Crippen molar-refractivity contribution in [1.29, 1.82) is 0 Å². The molecule has 1 aromatic carbocycles. The Kier molecular flexibility index (Phi) is 6.51. The molecule has 0 aliphatic carbocycles. The summed E-state index contributed by atoms with van der Waals surface area (Å²) < 4.78 is 0. The lowest BCUT2D eigenvalue weighted by Gasteiger charge is -2.39. The number of unbranched alkanes of at least 4 members (excludes halogenated alkanes) is 2. The fourth-order valence-corrected chi connectivity index (χ4v) is 2.98. The maximum atomic E-state index is 9.51. The summed E-state index contributed by atoms with van der Waals surface area (Å²) in [7, 11) is 0. The molecule has 2 rings (SSSR count). The van der Waals surface area contributed by atoms with Crippen molar-refractivity contribution in [3.05, 3.63) is 35.9 Å². The Morgan fingerprint density at radius 2 is 2.05 bits per heavy atom. The maximum absolute atomic E-state index is 9.51. The van der Waals surface area contributed by atoms with Crippen molar-refractivity contribution in [2.24, 2.45) is 0 Å². The van der Waals surface area contributed by atoms with Crippen LogP contribution in [0.5, 0.6) is 0 Å². The zero-order valence-corrected chi connectivity index (χ0v) is 12.6. The summed E-state index contributed by atoms with van der Waals surface area (Å²) in [6.45, 7) is 5.56. The summed E-state index contributed by atoms with van der Waals surface area (Å²) in [6, 6.07) is 11.5. The van der Waals surface area contributed by atoms with Crippen molar-refractivity contribution in [1.82, 2.24) is 10.2 Å². The van der Waals surface area contributed by atoms with Gasteiger partial charge in [0.15, 0.2) is 0 Å². The molecule has 3 heteroatoms. The minimum absolute atomic E-state index is 0.261. The Balaban J connectivity index is 1.86. The lowest BCUT2D eigenvalue weighted by molar-refractivity contribution is 0.0792. The van der Waals surface area contributed by atoms with Crippen LogP contribution in [0.4, 0.5) is 0 Å². The first-order chi connectivity index (χ1) is 9.83. The predicted molar refractivity (Wildman–Crippen MR) is 83.9 cm³/mol. The smallest absolute Gasteiger partial charge is 0.0599 e. The Bertz CT molecular complexity index is 369. The molecule has 0 amide bonds. The Morgan fingerprint density at radius 3 is 2.75 bits per heavy atom. The van der Waals surface area contributed by atoms with Gasteiger partial charge in [-0.3, -0.25) is 4.90 Å². The van der Waals surface area contributed by atoms with Gasteiger partial charge in [-0.15, -0.1) is 0 Å². The summed E-state index contributed by atoms with van der Waals surface area (Å²) in [5, 5.41) is 13.1. The number of rotatable bonds is 7. The summed E-state index contributed by atoms with van der Waals surface area (Å²) in [5.74, 6) is 0. The average molecular weight is 276 g/mol. The molecule has 1 aliphatic rings. The molecule has 1 heterocycles. The van der Waals surface area contributed by atoms with E-state index in [0.717, 1.165) is 26.1 Å². The molecule has 1 aliphatic heterocycles. The topological polar surface area (TPSA) is 35.5 Å². The van der Waals surface area contributed by atoms with E-state index in [2.05, 4.69) is 47.5 Å². The molecule has 1 fully saturated rings. The molecule has 2 N–H and O–H groups in total. The molecular formula is C17H28N2O. The van der Waals surface area contributed by atoms with Crippen LogP contribution < -0.4 is 5.32 Å². The predicted octanol–water partition coefficient (Wildman–Crippen LogP) is 2.05. The third kappa shape index (κ3) is 4.58. The molecule has 112 valence electrons. The molecule has 0 aromatic heterocycles. The molecule has 0 bridgehead atoms. The van der Waals surface area contributed by atoms with Crippen LogP contribution in [-0.4, -0.2) is 48.3 Å². The minimum atomic E-state index is 0.261. The molecule has 20 heavy (non-hydrogen) atoms. The van der Waals surface area contributed by atoms with Crippen molar-refractivity contribution in [3.8, 4) is 0 Å². The molecule has 2 unspecified atom stereocenters. The van der Waals surface area contributed by atoms with Crippen LogP contribution in [0.25, 0.3) is 0 Å². The SMILES string of the molecule is CCCCCN1CC(Cc2ccccc2)NCC1CO. The number of aliphatic hydroxyl groups is 1. The normalized spacial score (nSPS) is 23.9. The Morgan fingerprint density at radius 1 is 1.25 bits per heavy atom. The van der Waals surface area contributed by atoms with Crippen LogP contribution >= 0.6 is 0 Å². The monoisotopic (exact) mass is 276 g/mol. The molecule has 1 saturated heterocycles. The number of nitrogens with one attached hydrogen (secondary N) is 1. The molecule has 3 nitrogen and oxygen atoms in total. The first-order valence-corrected chi connectivity index (χ1v) is 7.95. The molecule has 1 aromatic rings. The van der Waals surface area contributed by atoms with Gasteiger partial charge < -0.3 is 10.4 Å². The first-order valence-electron chi connectivity index (χ1n) is 7.95. The van der Waals surface area contributed by atoms with Crippen LogP contribution in [0.2, 0.25) is 0 Å². The van der Waals surface area contributed by atoms with Crippen molar-refractivity contribution in [2.75, 3.05) is 26.2 Å². The van der Waals surface area contributed by atoms with E-state index in [4.69, 9.17) is 0 Å². The summed E-state index contributed by atoms with van der Waals surface area (Å²) >= 11 is 0. The number of nitrogens with zero attached hydrogens (tertiary/aromatic N) is 1. The van der Waals surface area contributed by atoms with Crippen LogP contribution in [0.3, 0.4) is 0 Å². The van der Waals surface area contributed by atoms with E-state index in [1.54, 1.807) is 0 Å². The van der Waals surface area contributed by atoms with E-state index >= 15 is 0 Å². The fraction of sp³-hybridized carbons (Fsp3) is 0.647. The van der Waals surface area contributed by atoms with Crippen LogP contribution in [-0.2, 0) is 6.42 Å². The highest BCUT2D eigenvalue weighted by molar-refractivity contribution is 5.16. The minimum Gasteiger partial charge on any atom is -0.395 e. The zero-order chi connectivity index (χ0) is 14.2. The van der Waals surface area contributed by atoms with Gasteiger partial charge in [-0.1, -0.05) is 50.1 Å². The molecule has 0 saturated carbocycles. The van der Waals surface area contributed by atoms with Gasteiger partial charge in [0.1, 0.15) is 0 Å². The highest BCUT2D eigenvalue weighted by atomic mass is 16.3. The fourth-order valence-electron chi connectivity index (χ4n) is 2.98. The Hall–Kier alpha value is -0.900. The number of aliphatic hydroxyl groups excluding tert-OH is 1. The van der Waals surface area contributed by atoms with Crippen molar-refractivity contribution >= 4 is 0 Å². The Labute approximate surface area is 123 Å². The average Bonchev–Trinajstić information content (AvgIpc) is 2.49. The van der Waals surface area contributed by atoms with Crippen LogP contribution in [0.1, 0.15) is 31.7 Å². The third-order valence-electron chi connectivity index (χ3n) is 4.20. The lowest BCUT2D eigenvalue weighted by Crippen LogP contribution is -2.58. The largest absolute Gasteiger partial charge is 0.395 e. The van der Waals surface area contributed by atoms with E-state index in [0.29, 0.717) is 12.1 Å². The van der Waals surface area contributed by atoms with Crippen molar-refractivity contribution in [2.45, 2.75) is 44.7 Å². The summed E-state index contributed by atoms with van der Waals surface area (Å²) in [4.78, 5) is 2.47. The number of hydrogen-bond donors (Lipinski definition) is 2. The molecular weight excluding hydrogens is 248 g/mol. The van der Waals surface area contributed by atoms with E-state index in [1.165, 1.54) is 24.8 Å². The second-order valence-electron chi connectivity index (χ2n) is 5.83. The second-order valence-corrected chi connectivity index (χ2v) is 5.83. The lowest BCUT2D eigenvalue weighted by atomic mass is 10.0. The van der Waals surface area contributed by atoms with Gasteiger partial charge in [0.05, 0.1) is 6.61 Å². The molecule has 0 spiro atoms. The standard InChI is InChI=1S/C17H28N2O/c1-2-3-7-10-19-13-16(18-12-17(19)14-20)11-15-8-5-4-6-9-15/h4-6,8-9,16-18,20H,2-3,7,10-14H2,1H3. The third-order valence-corrected chi connectivity index (χ3v) is 4.20. The van der Waals surface area contributed by atoms with Crippen LogP contribution in [0.15, 0.2) is 30.3 Å². The van der Waals surface area contributed by atoms with Gasteiger partial charge in [0, 0.05) is 25.2 Å². The van der Waals surface area contributed by atoms with Gasteiger partial charge >= 0.3 is 0 Å². The summed E-state index contributed by atoms with van der Waals surface area (Å²) in [6.07, 6.45) is 4.85. The van der Waals surface area contributed by atoms with Gasteiger partial charge in [0.2, 0.25) is 0 Å². The molecule has 0 radical (unpaired) electrons. The van der Waals surface area contributed by atoms with E-state index in [9.17, 15) is 5.11 Å². The highest BCUT2D eigenvalue weighted by Crippen LogP contribution is 2.12. The maximum Gasteiger partial charge on any atom is 0.0599 e. The van der Waals surface area contributed by atoms with Crippen LogP contribution in [0, 0.1) is 0 Å². The van der Waals surface area contributed by atoms with Crippen molar-refractivity contribution in [3.63, 3.8) is 0 Å². The highest BCUT2D eigenvalue weighted by Gasteiger charge is 2.26. The first kappa shape index (κ1) is 15.5. The van der Waals surface area contributed by atoms with Gasteiger partial charge in [0.25, 0.3) is 0 Å². The quantitative estimate of drug-likeness (QED) is 0.748. The second kappa shape index (κ2) is 8.40. The number of piperazine rings is 1. The molecule has 2 atom stereocenters. The number of benzene rings is 1. The van der Waals surface area contributed by atoms with E-state index in [1.807, 2.05) is 0 Å². The summed E-state index contributed by atoms with van der Waals surface area (Å²) in [5.41, 5.74) is 1.39. The van der Waals surface area contributed by atoms with Crippen molar-refractivity contribution < 1.29 is 5.11 Å². The van der Waals surface area contributed by atoms with Gasteiger partial charge in [-0.25, -0.2) is 0 Å². The van der Waals surface area contributed by atoms with Gasteiger partial charge in [-0.05, 0) is 24.9 Å². The van der Waals surface area contributed by atoms with E-state index < -0.39 is 0 Å². The van der Waals surface area contributed by atoms with Gasteiger partial charge in [-0.2, -0.15) is 0 Å². The van der Waals surface area contributed by atoms with E-state index in [-0.39, 0.29) is 6.61 Å².